The molecule has 0 radical (unpaired) electrons. The van der Waals surface area contributed by atoms with E-state index in [-0.39, 0.29) is 0 Å². The molecule has 2 heterocycles. The summed E-state index contributed by atoms with van der Waals surface area (Å²) in [6, 6.07) is 1.91. The van der Waals surface area contributed by atoms with Gasteiger partial charge in [0, 0.05) is 18.8 Å². The molecule has 11 heavy (non-hydrogen) atoms. The molecule has 0 aliphatic heterocycles. The van der Waals surface area contributed by atoms with Gasteiger partial charge < -0.3 is 0 Å². The molecule has 0 atom stereocenters. The van der Waals surface area contributed by atoms with E-state index in [4.69, 9.17) is 0 Å². The van der Waals surface area contributed by atoms with Gasteiger partial charge in [0.05, 0.1) is 6.20 Å². The molecule has 2 aromatic rings. The third-order valence-corrected chi connectivity index (χ3v) is 1.70. The van der Waals surface area contributed by atoms with Gasteiger partial charge in [-0.15, -0.1) is 0 Å². The normalized spacial score (nSPS) is 10.6. The van der Waals surface area contributed by atoms with Crippen LogP contribution in [0.2, 0.25) is 0 Å². The monoisotopic (exact) mass is 147 g/mol. The first-order valence-electron chi connectivity index (χ1n) is 3.69. The van der Waals surface area contributed by atoms with Crippen LogP contribution in [0.25, 0.3) is 5.65 Å². The Morgan fingerprint density at radius 1 is 1.45 bits per heavy atom. The Kier molecular flexibility index (Phi) is 1.35. The average Bonchev–Trinajstić information content (AvgIpc) is 2.47. The molecule has 0 aliphatic carbocycles. The molecule has 0 bridgehead atoms. The molecule has 56 valence electrons. The molecule has 0 saturated heterocycles. The Balaban J connectivity index is 2.76. The highest BCUT2D eigenvalue weighted by Gasteiger charge is 1.98. The van der Waals surface area contributed by atoms with Crippen molar-refractivity contribution in [2.45, 2.75) is 13.3 Å². The summed E-state index contributed by atoms with van der Waals surface area (Å²) >= 11 is 0. The predicted octanol–water partition coefficient (Wildman–Crippen LogP) is 1.29. The topological polar surface area (TPSA) is 30.2 Å². The van der Waals surface area contributed by atoms with E-state index in [9.17, 15) is 0 Å². The van der Waals surface area contributed by atoms with Gasteiger partial charge in [-0.2, -0.15) is 0 Å². The van der Waals surface area contributed by atoms with Crippen LogP contribution in [0.1, 0.15) is 12.7 Å². The molecule has 2 rings (SSSR count). The van der Waals surface area contributed by atoms with Crippen LogP contribution in [0.4, 0.5) is 0 Å². The molecular formula is C8H9N3. The van der Waals surface area contributed by atoms with Gasteiger partial charge in [0.1, 0.15) is 5.82 Å². The van der Waals surface area contributed by atoms with Crippen molar-refractivity contribution in [3.05, 3.63) is 30.5 Å². The lowest BCUT2D eigenvalue weighted by Crippen LogP contribution is -1.91. The Labute approximate surface area is 64.7 Å². The summed E-state index contributed by atoms with van der Waals surface area (Å²) in [6.45, 7) is 2.09. The second-order valence-electron chi connectivity index (χ2n) is 2.38. The second kappa shape index (κ2) is 2.34. The third-order valence-electron chi connectivity index (χ3n) is 1.70. The zero-order valence-corrected chi connectivity index (χ0v) is 6.36. The molecule has 0 spiro atoms. The Morgan fingerprint density at radius 2 is 2.36 bits per heavy atom. The first kappa shape index (κ1) is 6.34. The second-order valence-corrected chi connectivity index (χ2v) is 2.38. The summed E-state index contributed by atoms with van der Waals surface area (Å²) in [5, 5.41) is 0. The third kappa shape index (κ3) is 0.888. The average molecular weight is 147 g/mol. The fraction of sp³-hybridized carbons (Fsp3) is 0.250. The van der Waals surface area contributed by atoms with Crippen LogP contribution in [0.5, 0.6) is 0 Å². The van der Waals surface area contributed by atoms with Crippen molar-refractivity contribution in [3.8, 4) is 0 Å². The quantitative estimate of drug-likeness (QED) is 0.608. The number of imidazole rings is 1. The molecule has 3 nitrogen and oxygen atoms in total. The van der Waals surface area contributed by atoms with Crippen molar-refractivity contribution < 1.29 is 0 Å². The summed E-state index contributed by atoms with van der Waals surface area (Å²) < 4.78 is 2.00. The number of hydrogen-bond acceptors (Lipinski definition) is 2. The molecular weight excluding hydrogens is 138 g/mol. The highest BCUT2D eigenvalue weighted by Crippen LogP contribution is 2.02. The van der Waals surface area contributed by atoms with Gasteiger partial charge in [0.2, 0.25) is 0 Å². The molecule has 0 amide bonds. The molecule has 2 aromatic heterocycles. The van der Waals surface area contributed by atoms with E-state index in [2.05, 4.69) is 16.9 Å². The summed E-state index contributed by atoms with van der Waals surface area (Å²) in [6.07, 6.45) is 6.49. The van der Waals surface area contributed by atoms with E-state index in [1.54, 1.807) is 12.4 Å². The molecule has 0 N–H and O–H groups in total. The van der Waals surface area contributed by atoms with Crippen LogP contribution in [-0.2, 0) is 6.42 Å². The number of nitrogens with zero attached hydrogens (tertiary/aromatic N) is 3. The Morgan fingerprint density at radius 3 is 3.18 bits per heavy atom. The number of hydrogen-bond donors (Lipinski definition) is 0. The van der Waals surface area contributed by atoms with Crippen molar-refractivity contribution in [2.75, 3.05) is 0 Å². The molecule has 0 saturated carbocycles. The van der Waals surface area contributed by atoms with Crippen LogP contribution >= 0.6 is 0 Å². The van der Waals surface area contributed by atoms with Crippen molar-refractivity contribution in [1.29, 1.82) is 0 Å². The predicted molar refractivity (Wildman–Crippen MR) is 42.4 cm³/mol. The first-order valence-corrected chi connectivity index (χ1v) is 3.69. The van der Waals surface area contributed by atoms with Gasteiger partial charge >= 0.3 is 0 Å². The summed E-state index contributed by atoms with van der Waals surface area (Å²) in [5.41, 5.74) is 0.921. The van der Waals surface area contributed by atoms with E-state index in [1.165, 1.54) is 0 Å². The highest BCUT2D eigenvalue weighted by molar-refractivity contribution is 5.35. The number of rotatable bonds is 1. The van der Waals surface area contributed by atoms with Gasteiger partial charge in [-0.1, -0.05) is 6.92 Å². The van der Waals surface area contributed by atoms with Gasteiger partial charge in [-0.3, -0.25) is 4.40 Å². The highest BCUT2D eigenvalue weighted by atomic mass is 15.1. The van der Waals surface area contributed by atoms with Crippen LogP contribution in [0.3, 0.4) is 0 Å². The van der Waals surface area contributed by atoms with E-state index in [0.717, 1.165) is 17.9 Å². The van der Waals surface area contributed by atoms with E-state index < -0.39 is 0 Å². The number of fused-ring (bicyclic) bond motifs is 1. The summed E-state index contributed by atoms with van der Waals surface area (Å²) in [5.74, 6) is 1.06. The minimum atomic E-state index is 0.921. The fourth-order valence-corrected chi connectivity index (χ4v) is 1.15. The van der Waals surface area contributed by atoms with E-state index in [0.29, 0.717) is 0 Å². The largest absolute Gasteiger partial charge is 0.288 e. The number of aryl methyl sites for hydroxylation is 1. The van der Waals surface area contributed by atoms with Crippen molar-refractivity contribution in [2.24, 2.45) is 0 Å². The van der Waals surface area contributed by atoms with Gasteiger partial charge in [-0.05, 0) is 6.07 Å². The minimum absolute atomic E-state index is 0.921. The van der Waals surface area contributed by atoms with Crippen LogP contribution in [-0.4, -0.2) is 14.4 Å². The van der Waals surface area contributed by atoms with Crippen LogP contribution in [0, 0.1) is 0 Å². The van der Waals surface area contributed by atoms with Crippen molar-refractivity contribution >= 4 is 5.65 Å². The Hall–Kier alpha value is -1.38. The lowest BCUT2D eigenvalue weighted by Gasteiger charge is -1.94. The fourth-order valence-electron chi connectivity index (χ4n) is 1.15. The maximum absolute atomic E-state index is 4.21. The smallest absolute Gasteiger partial charge is 0.156 e. The lowest BCUT2D eigenvalue weighted by atomic mass is 10.4. The summed E-state index contributed by atoms with van der Waals surface area (Å²) in [7, 11) is 0. The molecule has 0 fully saturated rings. The van der Waals surface area contributed by atoms with Crippen LogP contribution < -0.4 is 0 Å². The molecule has 0 aromatic carbocycles. The maximum atomic E-state index is 4.21. The van der Waals surface area contributed by atoms with Gasteiger partial charge in [0.25, 0.3) is 0 Å². The Bertz CT molecular complexity index is 364. The van der Waals surface area contributed by atoms with E-state index >= 15 is 0 Å². The van der Waals surface area contributed by atoms with Crippen molar-refractivity contribution in [3.63, 3.8) is 0 Å². The van der Waals surface area contributed by atoms with Gasteiger partial charge in [-0.25, -0.2) is 9.97 Å². The van der Waals surface area contributed by atoms with E-state index in [1.807, 2.05) is 16.7 Å². The first-order chi connectivity index (χ1) is 5.42. The van der Waals surface area contributed by atoms with Gasteiger partial charge in [0.15, 0.2) is 5.65 Å². The zero-order chi connectivity index (χ0) is 7.68. The SMILES string of the molecule is CCc1ncc2ncccn12. The molecule has 3 heteroatoms. The maximum Gasteiger partial charge on any atom is 0.156 e. The lowest BCUT2D eigenvalue weighted by molar-refractivity contribution is 0.925. The minimum Gasteiger partial charge on any atom is -0.288 e. The standard InChI is InChI=1S/C8H9N3/c1-2-7-10-6-8-9-4-3-5-11(7)8/h3-6H,2H2,1H3. The molecule has 0 aliphatic rings. The van der Waals surface area contributed by atoms with Crippen molar-refractivity contribution in [1.82, 2.24) is 14.4 Å². The number of aromatic nitrogens is 3. The van der Waals surface area contributed by atoms with Crippen LogP contribution in [0.15, 0.2) is 24.7 Å². The summed E-state index contributed by atoms with van der Waals surface area (Å²) in [4.78, 5) is 8.36. The zero-order valence-electron chi connectivity index (χ0n) is 6.36. The molecule has 0 unspecified atom stereocenters.